The number of aromatic nitrogens is 3. The lowest BCUT2D eigenvalue weighted by Crippen LogP contribution is -2.37. The van der Waals surface area contributed by atoms with Gasteiger partial charge in [0.05, 0.1) is 0 Å². The predicted molar refractivity (Wildman–Crippen MR) is 74.4 cm³/mol. The molecular weight excluding hydrogens is 250 g/mol. The first kappa shape index (κ1) is 14.8. The summed E-state index contributed by atoms with van der Waals surface area (Å²) in [5, 5.41) is 14.8. The molecule has 1 aromatic rings. The number of hydrogen-bond acceptors (Lipinski definition) is 4. The first-order chi connectivity index (χ1) is 8.74. The highest BCUT2D eigenvalue weighted by Gasteiger charge is 2.00. The third-order valence-corrected chi connectivity index (χ3v) is 2.68. The molecule has 1 heterocycles. The Morgan fingerprint density at radius 2 is 2.22 bits per heavy atom. The van der Waals surface area contributed by atoms with Crippen molar-refractivity contribution in [1.29, 1.82) is 0 Å². The molecule has 7 heteroatoms. The first-order valence-electron chi connectivity index (χ1n) is 6.16. The van der Waals surface area contributed by atoms with Gasteiger partial charge >= 0.3 is 0 Å². The van der Waals surface area contributed by atoms with E-state index in [-0.39, 0.29) is 0 Å². The van der Waals surface area contributed by atoms with Crippen LogP contribution in [0, 0.1) is 0 Å². The summed E-state index contributed by atoms with van der Waals surface area (Å²) < 4.78 is 7.14. The lowest BCUT2D eigenvalue weighted by atomic mass is 10.4. The summed E-state index contributed by atoms with van der Waals surface area (Å²) in [7, 11) is 1.93. The Kier molecular flexibility index (Phi) is 7.28. The summed E-state index contributed by atoms with van der Waals surface area (Å²) in [5.41, 5.74) is 0. The molecule has 0 saturated heterocycles. The van der Waals surface area contributed by atoms with Crippen molar-refractivity contribution in [3.8, 4) is 0 Å². The van der Waals surface area contributed by atoms with Crippen LogP contribution in [0.25, 0.3) is 0 Å². The van der Waals surface area contributed by atoms with Gasteiger partial charge in [-0.15, -0.1) is 10.2 Å². The average Bonchev–Trinajstić information content (AvgIpc) is 2.75. The summed E-state index contributed by atoms with van der Waals surface area (Å²) in [6.07, 6.45) is 3.45. The zero-order valence-electron chi connectivity index (χ0n) is 11.0. The fourth-order valence-electron chi connectivity index (χ4n) is 1.40. The second-order valence-electron chi connectivity index (χ2n) is 3.84. The van der Waals surface area contributed by atoms with Crippen LogP contribution in [0.15, 0.2) is 6.33 Å². The van der Waals surface area contributed by atoms with E-state index >= 15 is 0 Å². The Balaban J connectivity index is 2.02. The van der Waals surface area contributed by atoms with E-state index in [1.165, 1.54) is 0 Å². The SMILES string of the molecule is CCOCCCNC(=S)NCCc1nncn1C. The molecule has 2 N–H and O–H groups in total. The highest BCUT2D eigenvalue weighted by molar-refractivity contribution is 7.80. The number of nitrogens with zero attached hydrogens (tertiary/aromatic N) is 3. The second kappa shape index (κ2) is 8.82. The summed E-state index contributed by atoms with van der Waals surface area (Å²) in [6.45, 7) is 5.11. The van der Waals surface area contributed by atoms with Crippen molar-refractivity contribution < 1.29 is 4.74 Å². The molecule has 0 bridgehead atoms. The molecule has 1 rings (SSSR count). The lowest BCUT2D eigenvalue weighted by molar-refractivity contribution is 0.145. The van der Waals surface area contributed by atoms with Crippen LogP contribution >= 0.6 is 12.2 Å². The molecule has 0 aromatic carbocycles. The van der Waals surface area contributed by atoms with Crippen LogP contribution in [-0.4, -0.2) is 46.2 Å². The Morgan fingerprint density at radius 1 is 1.44 bits per heavy atom. The van der Waals surface area contributed by atoms with E-state index in [0.29, 0.717) is 5.11 Å². The van der Waals surface area contributed by atoms with Gasteiger partial charge in [-0.1, -0.05) is 0 Å². The molecule has 0 atom stereocenters. The third kappa shape index (κ3) is 5.92. The topological polar surface area (TPSA) is 64.0 Å². The fraction of sp³-hybridized carbons (Fsp3) is 0.727. The zero-order valence-corrected chi connectivity index (χ0v) is 11.8. The third-order valence-electron chi connectivity index (χ3n) is 2.39. The van der Waals surface area contributed by atoms with Gasteiger partial charge in [0.2, 0.25) is 0 Å². The van der Waals surface area contributed by atoms with E-state index < -0.39 is 0 Å². The van der Waals surface area contributed by atoms with Crippen LogP contribution in [0.3, 0.4) is 0 Å². The highest BCUT2D eigenvalue weighted by atomic mass is 32.1. The maximum atomic E-state index is 5.24. The van der Waals surface area contributed by atoms with E-state index in [4.69, 9.17) is 17.0 Å². The van der Waals surface area contributed by atoms with E-state index in [0.717, 1.165) is 45.0 Å². The van der Waals surface area contributed by atoms with Crippen molar-refractivity contribution in [2.24, 2.45) is 7.05 Å². The summed E-state index contributed by atoms with van der Waals surface area (Å²) in [4.78, 5) is 0. The minimum absolute atomic E-state index is 0.675. The maximum absolute atomic E-state index is 5.24. The fourth-order valence-corrected chi connectivity index (χ4v) is 1.61. The van der Waals surface area contributed by atoms with Crippen molar-refractivity contribution in [3.05, 3.63) is 12.2 Å². The molecule has 0 fully saturated rings. The lowest BCUT2D eigenvalue weighted by Gasteiger charge is -2.10. The highest BCUT2D eigenvalue weighted by Crippen LogP contribution is 1.91. The van der Waals surface area contributed by atoms with E-state index in [2.05, 4.69) is 20.8 Å². The van der Waals surface area contributed by atoms with Crippen molar-refractivity contribution in [2.75, 3.05) is 26.3 Å². The number of ether oxygens (including phenoxy) is 1. The van der Waals surface area contributed by atoms with Gasteiger partial charge < -0.3 is 19.9 Å². The van der Waals surface area contributed by atoms with Crippen molar-refractivity contribution in [2.45, 2.75) is 19.8 Å². The number of nitrogens with one attached hydrogen (secondary N) is 2. The van der Waals surface area contributed by atoms with Crippen molar-refractivity contribution >= 4 is 17.3 Å². The van der Waals surface area contributed by atoms with Crippen LogP contribution in [0.4, 0.5) is 0 Å². The summed E-state index contributed by atoms with van der Waals surface area (Å²) in [6, 6.07) is 0. The molecule has 1 aromatic heterocycles. The van der Waals surface area contributed by atoms with Crippen LogP contribution in [0.2, 0.25) is 0 Å². The van der Waals surface area contributed by atoms with Gasteiger partial charge in [0, 0.05) is 39.8 Å². The van der Waals surface area contributed by atoms with E-state index in [9.17, 15) is 0 Å². The van der Waals surface area contributed by atoms with Gasteiger partial charge in [0.25, 0.3) is 0 Å². The molecular formula is C11H21N5OS. The normalized spacial score (nSPS) is 10.3. The van der Waals surface area contributed by atoms with Crippen LogP contribution in [0.1, 0.15) is 19.2 Å². The number of hydrogen-bond donors (Lipinski definition) is 2. The Labute approximate surface area is 113 Å². The Morgan fingerprint density at radius 3 is 2.89 bits per heavy atom. The smallest absolute Gasteiger partial charge is 0.166 e. The molecule has 0 aliphatic heterocycles. The van der Waals surface area contributed by atoms with Crippen molar-refractivity contribution in [1.82, 2.24) is 25.4 Å². The van der Waals surface area contributed by atoms with Crippen LogP contribution < -0.4 is 10.6 Å². The van der Waals surface area contributed by atoms with Crippen molar-refractivity contribution in [3.63, 3.8) is 0 Å². The minimum Gasteiger partial charge on any atom is -0.382 e. The number of rotatable bonds is 8. The second-order valence-corrected chi connectivity index (χ2v) is 4.25. The van der Waals surface area contributed by atoms with E-state index in [1.54, 1.807) is 6.33 Å². The summed E-state index contributed by atoms with van der Waals surface area (Å²) in [5.74, 6) is 0.946. The van der Waals surface area contributed by atoms with Gasteiger partial charge in [-0.2, -0.15) is 0 Å². The Bertz CT molecular complexity index is 355. The largest absolute Gasteiger partial charge is 0.382 e. The standard InChI is InChI=1S/C11H21N5OS/c1-3-17-8-4-6-12-11(18)13-7-5-10-15-14-9-16(10)2/h9H,3-8H2,1-2H3,(H2,12,13,18). The maximum Gasteiger partial charge on any atom is 0.166 e. The van der Waals surface area contributed by atoms with Gasteiger partial charge in [-0.05, 0) is 25.6 Å². The van der Waals surface area contributed by atoms with Gasteiger partial charge in [0.1, 0.15) is 12.2 Å². The molecule has 0 saturated carbocycles. The first-order valence-corrected chi connectivity index (χ1v) is 6.57. The van der Waals surface area contributed by atoms with Crippen LogP contribution in [0.5, 0.6) is 0 Å². The molecule has 0 aliphatic carbocycles. The zero-order chi connectivity index (χ0) is 13.2. The van der Waals surface area contributed by atoms with Crippen LogP contribution in [-0.2, 0) is 18.2 Å². The molecule has 0 amide bonds. The predicted octanol–water partition coefficient (Wildman–Crippen LogP) is 0.248. The van der Waals surface area contributed by atoms with E-state index in [1.807, 2.05) is 18.5 Å². The molecule has 0 aliphatic rings. The van der Waals surface area contributed by atoms with Gasteiger partial charge in [-0.25, -0.2) is 0 Å². The molecule has 0 radical (unpaired) electrons. The monoisotopic (exact) mass is 271 g/mol. The minimum atomic E-state index is 0.675. The molecule has 102 valence electrons. The Hall–Kier alpha value is -1.21. The quantitative estimate of drug-likeness (QED) is 0.522. The molecule has 18 heavy (non-hydrogen) atoms. The van der Waals surface area contributed by atoms with Gasteiger partial charge in [-0.3, -0.25) is 0 Å². The molecule has 0 unspecified atom stereocenters. The van der Waals surface area contributed by atoms with Gasteiger partial charge in [0.15, 0.2) is 5.11 Å². The molecule has 0 spiro atoms. The number of aryl methyl sites for hydroxylation is 1. The molecule has 6 nitrogen and oxygen atoms in total. The number of thiocarbonyl (C=S) groups is 1. The average molecular weight is 271 g/mol. The summed E-state index contributed by atoms with van der Waals surface area (Å²) >= 11 is 5.15.